The molecule has 2 amide bonds. The first-order chi connectivity index (χ1) is 15.6. The Balaban J connectivity index is 1.25. The minimum absolute atomic E-state index is 0.126. The lowest BCUT2D eigenvalue weighted by atomic mass is 10.0. The summed E-state index contributed by atoms with van der Waals surface area (Å²) in [6, 6.07) is 18.7. The van der Waals surface area contributed by atoms with Gasteiger partial charge in [0.2, 0.25) is 0 Å². The Morgan fingerprint density at radius 3 is 2.66 bits per heavy atom. The molecule has 162 valence electrons. The van der Waals surface area contributed by atoms with Crippen molar-refractivity contribution in [2.75, 3.05) is 19.6 Å². The highest BCUT2D eigenvalue weighted by Gasteiger charge is 2.50. The summed E-state index contributed by atoms with van der Waals surface area (Å²) in [4.78, 5) is 37.1. The van der Waals surface area contributed by atoms with Crippen LogP contribution in [0.1, 0.15) is 22.3 Å². The third kappa shape index (κ3) is 4.12. The van der Waals surface area contributed by atoms with Gasteiger partial charge in [-0.05, 0) is 29.8 Å². The van der Waals surface area contributed by atoms with Crippen molar-refractivity contribution in [3.05, 3.63) is 84.2 Å². The van der Waals surface area contributed by atoms with E-state index >= 15 is 0 Å². The molecule has 32 heavy (non-hydrogen) atoms. The maximum atomic E-state index is 13.1. The Hall–Kier alpha value is -3.94. The van der Waals surface area contributed by atoms with Gasteiger partial charge in [-0.25, -0.2) is 14.8 Å². The van der Waals surface area contributed by atoms with Crippen LogP contribution in [0.5, 0.6) is 11.8 Å². The summed E-state index contributed by atoms with van der Waals surface area (Å²) in [6.07, 6.45) is 3.46. The van der Waals surface area contributed by atoms with Gasteiger partial charge in [-0.3, -0.25) is 9.69 Å². The SMILES string of the molecule is O=C1O[C@@]2(CCN(C(=O)c3cccc(Oc4ncccn4)c3)C2)CN1Cc1ccccc1. The zero-order valence-corrected chi connectivity index (χ0v) is 17.4. The molecule has 5 rings (SSSR count). The van der Waals surface area contributed by atoms with Gasteiger partial charge in [0.15, 0.2) is 5.60 Å². The first-order valence-electron chi connectivity index (χ1n) is 10.5. The van der Waals surface area contributed by atoms with Crippen LogP contribution in [-0.4, -0.2) is 57.0 Å². The summed E-state index contributed by atoms with van der Waals surface area (Å²) >= 11 is 0. The van der Waals surface area contributed by atoms with Crippen LogP contribution in [0, 0.1) is 0 Å². The van der Waals surface area contributed by atoms with E-state index in [1.54, 1.807) is 52.5 Å². The number of nitrogens with zero attached hydrogens (tertiary/aromatic N) is 4. The van der Waals surface area contributed by atoms with Crippen molar-refractivity contribution in [3.63, 3.8) is 0 Å². The zero-order valence-electron chi connectivity index (χ0n) is 17.4. The van der Waals surface area contributed by atoms with Crippen molar-refractivity contribution >= 4 is 12.0 Å². The zero-order chi connectivity index (χ0) is 22.0. The number of likely N-dealkylation sites (tertiary alicyclic amines) is 1. The molecule has 1 atom stereocenters. The largest absolute Gasteiger partial charge is 0.439 e. The smallest absolute Gasteiger partial charge is 0.410 e. The van der Waals surface area contributed by atoms with E-state index in [0.717, 1.165) is 5.56 Å². The molecule has 1 aromatic heterocycles. The van der Waals surface area contributed by atoms with Gasteiger partial charge in [-0.2, -0.15) is 0 Å². The van der Waals surface area contributed by atoms with Crippen LogP contribution < -0.4 is 4.74 Å². The molecule has 3 heterocycles. The molecule has 0 radical (unpaired) electrons. The first kappa shape index (κ1) is 20.0. The molecule has 0 N–H and O–H groups in total. The van der Waals surface area contributed by atoms with Crippen LogP contribution in [0.25, 0.3) is 0 Å². The number of aromatic nitrogens is 2. The summed E-state index contributed by atoms with van der Waals surface area (Å²) in [5, 5.41) is 0. The Bertz CT molecular complexity index is 1130. The topological polar surface area (TPSA) is 84.9 Å². The average Bonchev–Trinajstić information content (AvgIpc) is 3.36. The molecular weight excluding hydrogens is 408 g/mol. The molecule has 2 aliphatic rings. The summed E-state index contributed by atoms with van der Waals surface area (Å²) in [5.74, 6) is 0.358. The fourth-order valence-electron chi connectivity index (χ4n) is 4.17. The quantitative estimate of drug-likeness (QED) is 0.616. The number of rotatable bonds is 5. The fraction of sp³-hybridized carbons (Fsp3) is 0.250. The van der Waals surface area contributed by atoms with Gasteiger partial charge in [-0.1, -0.05) is 36.4 Å². The predicted molar refractivity (Wildman–Crippen MR) is 115 cm³/mol. The minimum atomic E-state index is -0.659. The van der Waals surface area contributed by atoms with Crippen LogP contribution in [-0.2, 0) is 11.3 Å². The monoisotopic (exact) mass is 430 g/mol. The summed E-state index contributed by atoms with van der Waals surface area (Å²) in [7, 11) is 0. The molecule has 2 saturated heterocycles. The number of carbonyl (C=O) groups excluding carboxylic acids is 2. The molecule has 2 aromatic carbocycles. The van der Waals surface area contributed by atoms with Gasteiger partial charge in [0.05, 0.1) is 13.1 Å². The number of ether oxygens (including phenoxy) is 2. The predicted octanol–water partition coefficient (Wildman–Crippen LogP) is 3.51. The van der Waals surface area contributed by atoms with E-state index in [1.807, 2.05) is 30.3 Å². The van der Waals surface area contributed by atoms with Gasteiger partial charge in [0.25, 0.3) is 5.91 Å². The molecule has 0 bridgehead atoms. The lowest BCUT2D eigenvalue weighted by Crippen LogP contribution is -2.39. The van der Waals surface area contributed by atoms with Crippen LogP contribution in [0.2, 0.25) is 0 Å². The molecule has 2 aliphatic heterocycles. The molecule has 0 saturated carbocycles. The van der Waals surface area contributed by atoms with Gasteiger partial charge in [0.1, 0.15) is 5.75 Å². The van der Waals surface area contributed by atoms with E-state index in [9.17, 15) is 9.59 Å². The minimum Gasteiger partial charge on any atom is -0.439 e. The average molecular weight is 430 g/mol. The summed E-state index contributed by atoms with van der Waals surface area (Å²) < 4.78 is 11.4. The second kappa shape index (κ2) is 8.30. The molecule has 0 aliphatic carbocycles. The molecule has 2 fully saturated rings. The Kier molecular flexibility index (Phi) is 5.18. The van der Waals surface area contributed by atoms with Gasteiger partial charge in [-0.15, -0.1) is 0 Å². The summed E-state index contributed by atoms with van der Waals surface area (Å²) in [6.45, 7) is 1.86. The number of amides is 2. The van der Waals surface area contributed by atoms with Crippen molar-refractivity contribution in [1.29, 1.82) is 0 Å². The lowest BCUT2D eigenvalue weighted by molar-refractivity contribution is 0.0553. The van der Waals surface area contributed by atoms with E-state index in [4.69, 9.17) is 9.47 Å². The third-order valence-corrected chi connectivity index (χ3v) is 5.69. The highest BCUT2D eigenvalue weighted by Crippen LogP contribution is 2.34. The van der Waals surface area contributed by atoms with Gasteiger partial charge >= 0.3 is 12.1 Å². The van der Waals surface area contributed by atoms with Crippen LogP contribution in [0.15, 0.2) is 73.1 Å². The van der Waals surface area contributed by atoms with E-state index in [2.05, 4.69) is 9.97 Å². The number of hydrogen-bond donors (Lipinski definition) is 0. The molecule has 3 aromatic rings. The maximum absolute atomic E-state index is 13.1. The second-order valence-electron chi connectivity index (χ2n) is 8.03. The number of hydrogen-bond acceptors (Lipinski definition) is 6. The van der Waals surface area contributed by atoms with E-state index in [-0.39, 0.29) is 18.0 Å². The van der Waals surface area contributed by atoms with E-state index in [1.165, 1.54) is 0 Å². The molecule has 8 nitrogen and oxygen atoms in total. The Morgan fingerprint density at radius 1 is 1.03 bits per heavy atom. The normalized spacial score (nSPS) is 19.9. The van der Waals surface area contributed by atoms with Crippen molar-refractivity contribution < 1.29 is 19.1 Å². The van der Waals surface area contributed by atoms with Crippen LogP contribution in [0.3, 0.4) is 0 Å². The van der Waals surface area contributed by atoms with Crippen LogP contribution in [0.4, 0.5) is 4.79 Å². The summed E-state index contributed by atoms with van der Waals surface area (Å²) in [5.41, 5.74) is 0.889. The highest BCUT2D eigenvalue weighted by atomic mass is 16.6. The van der Waals surface area contributed by atoms with E-state index < -0.39 is 5.60 Å². The van der Waals surface area contributed by atoms with Gasteiger partial charge in [0, 0.05) is 37.5 Å². The highest BCUT2D eigenvalue weighted by molar-refractivity contribution is 5.95. The van der Waals surface area contributed by atoms with Crippen molar-refractivity contribution in [1.82, 2.24) is 19.8 Å². The maximum Gasteiger partial charge on any atom is 0.410 e. The van der Waals surface area contributed by atoms with Crippen molar-refractivity contribution in [2.24, 2.45) is 0 Å². The van der Waals surface area contributed by atoms with E-state index in [0.29, 0.717) is 43.9 Å². The lowest BCUT2D eigenvalue weighted by Gasteiger charge is -2.22. The van der Waals surface area contributed by atoms with Crippen molar-refractivity contribution in [2.45, 2.75) is 18.6 Å². The Morgan fingerprint density at radius 2 is 1.84 bits per heavy atom. The third-order valence-electron chi connectivity index (χ3n) is 5.69. The Labute approximate surface area is 185 Å². The first-order valence-corrected chi connectivity index (χ1v) is 10.5. The molecule has 8 heteroatoms. The molecular formula is C24H22N4O4. The molecule has 0 unspecified atom stereocenters. The van der Waals surface area contributed by atoms with Crippen LogP contribution >= 0.6 is 0 Å². The van der Waals surface area contributed by atoms with Gasteiger partial charge < -0.3 is 14.4 Å². The second-order valence-corrected chi connectivity index (χ2v) is 8.03. The fourth-order valence-corrected chi connectivity index (χ4v) is 4.17. The number of benzene rings is 2. The van der Waals surface area contributed by atoms with Crippen molar-refractivity contribution in [3.8, 4) is 11.8 Å². The standard InChI is InChI=1S/C24H22N4O4/c29-21(19-8-4-9-20(14-19)31-22-25-11-5-12-26-22)27-13-10-24(16-27)17-28(23(30)32-24)15-18-6-2-1-3-7-18/h1-9,11-12,14H,10,13,15-17H2/t24-/m1/s1. The number of carbonyl (C=O) groups is 2. The molecule has 1 spiro atoms.